The lowest BCUT2D eigenvalue weighted by molar-refractivity contribution is 0.102. The molecule has 2 rings (SSSR count). The minimum atomic E-state index is -0.387. The first-order valence-corrected chi connectivity index (χ1v) is 7.40. The second-order valence-electron chi connectivity index (χ2n) is 4.51. The molecule has 2 aromatic rings. The van der Waals surface area contributed by atoms with E-state index in [0.29, 0.717) is 33.0 Å². The lowest BCUT2D eigenvalue weighted by Crippen LogP contribution is -2.13. The number of methoxy groups -OCH3 is 3. The third-order valence-corrected chi connectivity index (χ3v) is 3.91. The molecule has 0 heterocycles. The van der Waals surface area contributed by atoms with E-state index in [4.69, 9.17) is 14.2 Å². The Labute approximate surface area is 142 Å². The number of carbonyl (C=O) groups is 1. The Balaban J connectivity index is 2.44. The molecule has 0 aliphatic carbocycles. The van der Waals surface area contributed by atoms with Crippen molar-refractivity contribution >= 4 is 27.5 Å². The second kappa shape index (κ2) is 7.23. The van der Waals surface area contributed by atoms with Crippen molar-refractivity contribution in [2.75, 3.05) is 26.6 Å². The molecule has 0 aliphatic rings. The van der Waals surface area contributed by atoms with Crippen LogP contribution in [-0.4, -0.2) is 32.3 Å². The summed E-state index contributed by atoms with van der Waals surface area (Å²) >= 11 is 3.35. The highest BCUT2D eigenvalue weighted by molar-refractivity contribution is 9.10. The molecule has 2 aromatic carbocycles. The van der Waals surface area contributed by atoms with E-state index in [9.17, 15) is 9.90 Å². The smallest absolute Gasteiger partial charge is 0.257 e. The number of benzene rings is 2. The Morgan fingerprint density at radius 2 is 1.78 bits per heavy atom. The van der Waals surface area contributed by atoms with Gasteiger partial charge in [0, 0.05) is 11.8 Å². The lowest BCUT2D eigenvalue weighted by Gasteiger charge is -2.16. The fourth-order valence-electron chi connectivity index (χ4n) is 2.07. The van der Waals surface area contributed by atoms with Crippen LogP contribution in [0.15, 0.2) is 34.8 Å². The number of amides is 1. The van der Waals surface area contributed by atoms with E-state index in [0.717, 1.165) is 0 Å². The number of halogens is 1. The summed E-state index contributed by atoms with van der Waals surface area (Å²) in [6.45, 7) is 0. The van der Waals surface area contributed by atoms with Crippen LogP contribution in [0, 0.1) is 0 Å². The lowest BCUT2D eigenvalue weighted by atomic mass is 10.1. The number of nitrogens with one attached hydrogen (secondary N) is 1. The topological polar surface area (TPSA) is 77.0 Å². The van der Waals surface area contributed by atoms with Crippen molar-refractivity contribution in [3.63, 3.8) is 0 Å². The first-order chi connectivity index (χ1) is 11.0. The molecular weight excluding hydrogens is 366 g/mol. The van der Waals surface area contributed by atoms with E-state index < -0.39 is 0 Å². The van der Waals surface area contributed by atoms with Crippen molar-refractivity contribution in [1.29, 1.82) is 0 Å². The van der Waals surface area contributed by atoms with Crippen LogP contribution >= 0.6 is 15.9 Å². The maximum absolute atomic E-state index is 12.5. The maximum atomic E-state index is 12.5. The average molecular weight is 382 g/mol. The Bertz CT molecular complexity index is 733. The number of phenolic OH excluding ortho intramolecular Hbond substituents is 1. The molecule has 0 unspecified atom stereocenters. The van der Waals surface area contributed by atoms with Crippen LogP contribution in [0.1, 0.15) is 10.4 Å². The highest BCUT2D eigenvalue weighted by Crippen LogP contribution is 2.44. The van der Waals surface area contributed by atoms with Crippen LogP contribution in [0.5, 0.6) is 23.0 Å². The van der Waals surface area contributed by atoms with Crippen molar-refractivity contribution < 1.29 is 24.1 Å². The molecule has 122 valence electrons. The number of hydrogen-bond acceptors (Lipinski definition) is 5. The number of anilines is 1. The predicted octanol–water partition coefficient (Wildman–Crippen LogP) is 3.43. The van der Waals surface area contributed by atoms with Crippen LogP contribution in [0.4, 0.5) is 5.69 Å². The molecule has 0 aromatic heterocycles. The minimum absolute atomic E-state index is 0.0618. The van der Waals surface area contributed by atoms with Crippen molar-refractivity contribution in [2.45, 2.75) is 0 Å². The minimum Gasteiger partial charge on any atom is -0.508 e. The van der Waals surface area contributed by atoms with E-state index in [-0.39, 0.29) is 11.7 Å². The van der Waals surface area contributed by atoms with Crippen LogP contribution in [0.2, 0.25) is 0 Å². The van der Waals surface area contributed by atoms with Crippen molar-refractivity contribution in [3.8, 4) is 23.0 Å². The van der Waals surface area contributed by atoms with Gasteiger partial charge in [0.15, 0.2) is 11.5 Å². The monoisotopic (exact) mass is 381 g/mol. The summed E-state index contributed by atoms with van der Waals surface area (Å²) < 4.78 is 16.2. The van der Waals surface area contributed by atoms with Gasteiger partial charge in [-0.05, 0) is 34.1 Å². The third kappa shape index (κ3) is 3.50. The molecule has 7 heteroatoms. The average Bonchev–Trinajstić information content (AvgIpc) is 2.54. The molecule has 1 amide bonds. The molecule has 0 radical (unpaired) electrons. The van der Waals surface area contributed by atoms with Crippen molar-refractivity contribution in [2.24, 2.45) is 0 Å². The number of ether oxygens (including phenoxy) is 3. The number of aromatic hydroxyl groups is 1. The first-order valence-electron chi connectivity index (χ1n) is 6.60. The molecular formula is C16H16BrNO5. The SMILES string of the molecule is COc1cc(C(=O)Nc2cccc(O)c2)c(Br)c(OC)c1OC. The number of hydrogen-bond donors (Lipinski definition) is 2. The highest BCUT2D eigenvalue weighted by atomic mass is 79.9. The standard InChI is InChI=1S/C16H16BrNO5/c1-21-12-8-11(13(17)15(23-3)14(12)22-2)16(20)18-9-5-4-6-10(19)7-9/h4-8,19H,1-3H3,(H,18,20). The van der Waals surface area contributed by atoms with Gasteiger partial charge in [0.1, 0.15) is 5.75 Å². The Morgan fingerprint density at radius 1 is 1.09 bits per heavy atom. The molecule has 2 N–H and O–H groups in total. The van der Waals surface area contributed by atoms with Gasteiger partial charge in [0.2, 0.25) is 5.75 Å². The molecule has 6 nitrogen and oxygen atoms in total. The molecule has 23 heavy (non-hydrogen) atoms. The molecule has 0 atom stereocenters. The molecule has 0 spiro atoms. The van der Waals surface area contributed by atoms with E-state index in [1.165, 1.54) is 33.5 Å². The predicted molar refractivity (Wildman–Crippen MR) is 89.9 cm³/mol. The van der Waals surface area contributed by atoms with E-state index in [1.54, 1.807) is 18.2 Å². The molecule has 0 aliphatic heterocycles. The number of phenols is 1. The van der Waals surface area contributed by atoms with Gasteiger partial charge < -0.3 is 24.6 Å². The fourth-order valence-corrected chi connectivity index (χ4v) is 2.70. The van der Waals surface area contributed by atoms with Gasteiger partial charge in [-0.2, -0.15) is 0 Å². The van der Waals surface area contributed by atoms with Gasteiger partial charge in [0.05, 0.1) is 31.4 Å². The maximum Gasteiger partial charge on any atom is 0.257 e. The van der Waals surface area contributed by atoms with Crippen LogP contribution in [0.3, 0.4) is 0 Å². The van der Waals surface area contributed by atoms with Gasteiger partial charge in [-0.1, -0.05) is 6.07 Å². The van der Waals surface area contributed by atoms with E-state index >= 15 is 0 Å². The Kier molecular flexibility index (Phi) is 5.33. The van der Waals surface area contributed by atoms with Crippen molar-refractivity contribution in [1.82, 2.24) is 0 Å². The third-order valence-electron chi connectivity index (χ3n) is 3.12. The van der Waals surface area contributed by atoms with Gasteiger partial charge in [-0.3, -0.25) is 4.79 Å². The number of rotatable bonds is 5. The van der Waals surface area contributed by atoms with Crippen molar-refractivity contribution in [3.05, 3.63) is 40.4 Å². The van der Waals surface area contributed by atoms with E-state index in [1.807, 2.05) is 0 Å². The van der Waals surface area contributed by atoms with E-state index in [2.05, 4.69) is 21.2 Å². The Hall–Kier alpha value is -2.41. The van der Waals surface area contributed by atoms with Gasteiger partial charge in [-0.25, -0.2) is 0 Å². The van der Waals surface area contributed by atoms with Gasteiger partial charge in [0.25, 0.3) is 5.91 Å². The summed E-state index contributed by atoms with van der Waals surface area (Å²) in [7, 11) is 4.43. The molecule has 0 saturated carbocycles. The first kappa shape index (κ1) is 17.0. The summed E-state index contributed by atoms with van der Waals surface area (Å²) in [6.07, 6.45) is 0. The van der Waals surface area contributed by atoms with Crippen LogP contribution in [-0.2, 0) is 0 Å². The second-order valence-corrected chi connectivity index (χ2v) is 5.30. The molecule has 0 bridgehead atoms. The highest BCUT2D eigenvalue weighted by Gasteiger charge is 2.22. The summed E-state index contributed by atoms with van der Waals surface area (Å²) in [4.78, 5) is 12.5. The van der Waals surface area contributed by atoms with Gasteiger partial charge in [-0.15, -0.1) is 0 Å². The molecule has 0 saturated heterocycles. The normalized spacial score (nSPS) is 10.1. The zero-order valence-electron chi connectivity index (χ0n) is 12.8. The van der Waals surface area contributed by atoms with Crippen LogP contribution < -0.4 is 19.5 Å². The quantitative estimate of drug-likeness (QED) is 0.829. The summed E-state index contributed by atoms with van der Waals surface area (Å²) in [5, 5.41) is 12.2. The number of carbonyl (C=O) groups excluding carboxylic acids is 1. The zero-order valence-corrected chi connectivity index (χ0v) is 14.4. The van der Waals surface area contributed by atoms with Gasteiger partial charge >= 0.3 is 0 Å². The fraction of sp³-hybridized carbons (Fsp3) is 0.188. The summed E-state index contributed by atoms with van der Waals surface area (Å²) in [5.41, 5.74) is 0.776. The Morgan fingerprint density at radius 3 is 2.35 bits per heavy atom. The zero-order chi connectivity index (χ0) is 17.0. The summed E-state index contributed by atoms with van der Waals surface area (Å²) in [5.74, 6) is 0.783. The molecule has 0 fully saturated rings. The largest absolute Gasteiger partial charge is 0.508 e. The summed E-state index contributed by atoms with van der Waals surface area (Å²) in [6, 6.07) is 7.82. The van der Waals surface area contributed by atoms with Crippen LogP contribution in [0.25, 0.3) is 0 Å².